The number of hydrogen-bond donors (Lipinski definition) is 0. The van der Waals surface area contributed by atoms with Crippen molar-refractivity contribution in [2.45, 2.75) is 20.3 Å². The zero-order chi connectivity index (χ0) is 23.2. The van der Waals surface area contributed by atoms with Crippen LogP contribution in [0.4, 0.5) is 0 Å². The molecule has 1 aliphatic heterocycles. The lowest BCUT2D eigenvalue weighted by Crippen LogP contribution is -2.05. The lowest BCUT2D eigenvalue weighted by Gasteiger charge is -2.14. The van der Waals surface area contributed by atoms with E-state index in [0.717, 1.165) is 17.5 Å². The molecule has 3 aromatic rings. The third-order valence-corrected chi connectivity index (χ3v) is 5.31. The molecule has 0 bridgehead atoms. The molecule has 0 atom stereocenters. The van der Waals surface area contributed by atoms with Crippen molar-refractivity contribution in [3.05, 3.63) is 99.7 Å². The molecule has 0 spiro atoms. The van der Waals surface area contributed by atoms with Crippen LogP contribution in [0.25, 0.3) is 6.08 Å². The van der Waals surface area contributed by atoms with Crippen molar-refractivity contribution in [2.24, 2.45) is 4.99 Å². The number of benzene rings is 3. The predicted molar refractivity (Wildman–Crippen MR) is 130 cm³/mol. The van der Waals surface area contributed by atoms with Crippen LogP contribution in [0.3, 0.4) is 0 Å². The van der Waals surface area contributed by atoms with Crippen LogP contribution >= 0.6 is 11.6 Å². The van der Waals surface area contributed by atoms with Crippen LogP contribution in [-0.4, -0.2) is 25.1 Å². The van der Waals surface area contributed by atoms with Crippen LogP contribution in [-0.2, 0) is 16.0 Å². The van der Waals surface area contributed by atoms with Gasteiger partial charge < -0.3 is 14.2 Å². The first kappa shape index (κ1) is 22.6. The highest BCUT2D eigenvalue weighted by Gasteiger charge is 2.24. The quantitative estimate of drug-likeness (QED) is 0.304. The van der Waals surface area contributed by atoms with Gasteiger partial charge in [0.15, 0.2) is 17.2 Å². The first-order chi connectivity index (χ1) is 16.0. The van der Waals surface area contributed by atoms with Crippen LogP contribution in [0.15, 0.2) is 77.4 Å². The first-order valence-corrected chi connectivity index (χ1v) is 11.1. The molecule has 1 heterocycles. The van der Waals surface area contributed by atoms with E-state index in [1.807, 2.05) is 56.3 Å². The minimum Gasteiger partial charge on any atom is -0.490 e. The number of esters is 1. The summed E-state index contributed by atoms with van der Waals surface area (Å²) in [5, 5.41) is 0.398. The Morgan fingerprint density at radius 3 is 2.52 bits per heavy atom. The number of aliphatic imine (C=N–C) groups is 1. The van der Waals surface area contributed by atoms with E-state index in [1.54, 1.807) is 18.2 Å². The molecule has 33 heavy (non-hydrogen) atoms. The summed E-state index contributed by atoms with van der Waals surface area (Å²) in [6.07, 6.45) is 2.38. The molecule has 3 aromatic carbocycles. The van der Waals surface area contributed by atoms with E-state index in [9.17, 15) is 4.79 Å². The Balaban J connectivity index is 1.55. The molecule has 0 radical (unpaired) electrons. The number of ether oxygens (including phenoxy) is 3. The van der Waals surface area contributed by atoms with Gasteiger partial charge >= 0.3 is 5.97 Å². The number of hydrogen-bond acceptors (Lipinski definition) is 5. The van der Waals surface area contributed by atoms with Gasteiger partial charge in [-0.2, -0.15) is 0 Å². The molecule has 0 saturated heterocycles. The average molecular weight is 462 g/mol. The Hall–Kier alpha value is -3.57. The molecular formula is C27H24ClNO4. The maximum Gasteiger partial charge on any atom is 0.363 e. The highest BCUT2D eigenvalue weighted by atomic mass is 35.5. The summed E-state index contributed by atoms with van der Waals surface area (Å²) in [5.41, 5.74) is 3.90. The maximum atomic E-state index is 12.4. The number of carbonyl (C=O) groups is 1. The predicted octanol–water partition coefficient (Wildman–Crippen LogP) is 6.01. The molecule has 0 aliphatic carbocycles. The van der Waals surface area contributed by atoms with Crippen molar-refractivity contribution in [3.8, 4) is 11.5 Å². The molecule has 0 unspecified atom stereocenters. The third kappa shape index (κ3) is 5.62. The second kappa shape index (κ2) is 10.4. The first-order valence-electron chi connectivity index (χ1n) is 10.8. The van der Waals surface area contributed by atoms with Crippen LogP contribution in [0, 0.1) is 6.92 Å². The number of cyclic esters (lactones) is 1. The topological polar surface area (TPSA) is 57.1 Å². The highest BCUT2D eigenvalue weighted by Crippen LogP contribution is 2.37. The van der Waals surface area contributed by atoms with E-state index in [4.69, 9.17) is 25.8 Å². The standard InChI is InChI=1S/C27H24ClNO4/c1-3-31-24-17-20(15-22(28)25(24)32-14-13-19-7-5-4-6-8-19)16-23-27(30)33-26(29-23)21-11-9-18(2)10-12-21/h4-12,15-17H,3,13-14H2,1-2H3/b23-16-. The van der Waals surface area contributed by atoms with Gasteiger partial charge in [0.25, 0.3) is 0 Å². The van der Waals surface area contributed by atoms with Gasteiger partial charge in [-0.05, 0) is 55.3 Å². The van der Waals surface area contributed by atoms with Crippen molar-refractivity contribution in [1.82, 2.24) is 0 Å². The number of carbonyl (C=O) groups excluding carboxylic acids is 1. The fourth-order valence-corrected chi connectivity index (χ4v) is 3.65. The number of aryl methyl sites for hydroxylation is 1. The van der Waals surface area contributed by atoms with Crippen molar-refractivity contribution < 1.29 is 19.0 Å². The molecule has 4 rings (SSSR count). The molecular weight excluding hydrogens is 438 g/mol. The van der Waals surface area contributed by atoms with Gasteiger partial charge in [0.2, 0.25) is 5.90 Å². The fourth-order valence-electron chi connectivity index (χ4n) is 3.38. The lowest BCUT2D eigenvalue weighted by atomic mass is 10.1. The van der Waals surface area contributed by atoms with Gasteiger partial charge in [0.1, 0.15) is 0 Å². The van der Waals surface area contributed by atoms with E-state index < -0.39 is 5.97 Å². The summed E-state index contributed by atoms with van der Waals surface area (Å²) < 4.78 is 17.1. The Morgan fingerprint density at radius 2 is 1.79 bits per heavy atom. The van der Waals surface area contributed by atoms with E-state index in [-0.39, 0.29) is 11.6 Å². The molecule has 168 valence electrons. The largest absolute Gasteiger partial charge is 0.490 e. The fraction of sp³-hybridized carbons (Fsp3) is 0.185. The minimum absolute atomic E-state index is 0.196. The van der Waals surface area contributed by atoms with E-state index in [1.165, 1.54) is 5.56 Å². The lowest BCUT2D eigenvalue weighted by molar-refractivity contribution is -0.129. The van der Waals surface area contributed by atoms with Gasteiger partial charge in [-0.3, -0.25) is 0 Å². The van der Waals surface area contributed by atoms with E-state index in [0.29, 0.717) is 35.3 Å². The van der Waals surface area contributed by atoms with E-state index >= 15 is 0 Å². The summed E-state index contributed by atoms with van der Waals surface area (Å²) in [6.45, 7) is 4.79. The second-order valence-electron chi connectivity index (χ2n) is 7.55. The monoisotopic (exact) mass is 461 g/mol. The van der Waals surface area contributed by atoms with E-state index in [2.05, 4.69) is 17.1 Å². The molecule has 6 heteroatoms. The van der Waals surface area contributed by atoms with Gasteiger partial charge in [-0.1, -0.05) is 59.6 Å². The number of halogens is 1. The normalized spacial score (nSPS) is 14.2. The van der Waals surface area contributed by atoms with Crippen molar-refractivity contribution in [1.29, 1.82) is 0 Å². The maximum absolute atomic E-state index is 12.4. The molecule has 1 aliphatic rings. The van der Waals surface area contributed by atoms with Crippen molar-refractivity contribution >= 4 is 29.5 Å². The Morgan fingerprint density at radius 1 is 1.03 bits per heavy atom. The minimum atomic E-state index is -0.511. The van der Waals surface area contributed by atoms with Crippen LogP contribution < -0.4 is 9.47 Å². The molecule has 0 saturated carbocycles. The van der Waals surface area contributed by atoms with Crippen LogP contribution in [0.5, 0.6) is 11.5 Å². The molecule has 0 N–H and O–H groups in total. The Bertz CT molecular complexity index is 1200. The van der Waals surface area contributed by atoms with Gasteiger partial charge in [-0.25, -0.2) is 9.79 Å². The summed E-state index contributed by atoms with van der Waals surface area (Å²) in [5.74, 6) is 0.763. The number of nitrogens with zero attached hydrogens (tertiary/aromatic N) is 1. The Kier molecular flexibility index (Phi) is 7.10. The third-order valence-electron chi connectivity index (χ3n) is 5.03. The summed E-state index contributed by atoms with van der Waals surface area (Å²) in [4.78, 5) is 16.7. The smallest absolute Gasteiger partial charge is 0.363 e. The number of rotatable bonds is 8. The molecule has 5 nitrogen and oxygen atoms in total. The summed E-state index contributed by atoms with van der Waals surface area (Å²) in [6, 6.07) is 21.2. The van der Waals surface area contributed by atoms with Crippen molar-refractivity contribution in [2.75, 3.05) is 13.2 Å². The summed E-state index contributed by atoms with van der Waals surface area (Å²) in [7, 11) is 0. The molecule has 0 aromatic heterocycles. The second-order valence-corrected chi connectivity index (χ2v) is 7.96. The zero-order valence-electron chi connectivity index (χ0n) is 18.5. The van der Waals surface area contributed by atoms with Gasteiger partial charge in [-0.15, -0.1) is 0 Å². The highest BCUT2D eigenvalue weighted by molar-refractivity contribution is 6.32. The molecule has 0 amide bonds. The van der Waals surface area contributed by atoms with Gasteiger partial charge in [0, 0.05) is 12.0 Å². The Labute approximate surface area is 198 Å². The zero-order valence-corrected chi connectivity index (χ0v) is 19.3. The van der Waals surface area contributed by atoms with Gasteiger partial charge in [0.05, 0.1) is 18.2 Å². The van der Waals surface area contributed by atoms with Crippen LogP contribution in [0.2, 0.25) is 5.02 Å². The SMILES string of the molecule is CCOc1cc(/C=C2\N=C(c3ccc(C)cc3)OC2=O)cc(Cl)c1OCCc1ccccc1. The molecule has 0 fully saturated rings. The van der Waals surface area contributed by atoms with Crippen molar-refractivity contribution in [3.63, 3.8) is 0 Å². The average Bonchev–Trinajstić information content (AvgIpc) is 3.17. The van der Waals surface area contributed by atoms with Crippen LogP contribution in [0.1, 0.15) is 29.2 Å². The summed E-state index contributed by atoms with van der Waals surface area (Å²) >= 11 is 6.53.